The first-order valence-corrected chi connectivity index (χ1v) is 12.5. The lowest BCUT2D eigenvalue weighted by atomic mass is 10.1. The van der Waals surface area contributed by atoms with Crippen LogP contribution in [-0.2, 0) is 14.8 Å². The van der Waals surface area contributed by atoms with Crippen LogP contribution in [0.2, 0.25) is 0 Å². The van der Waals surface area contributed by atoms with Gasteiger partial charge in [-0.2, -0.15) is 0 Å². The highest BCUT2D eigenvalue weighted by molar-refractivity contribution is 7.92. The third-order valence-electron chi connectivity index (χ3n) is 5.55. The summed E-state index contributed by atoms with van der Waals surface area (Å²) in [5.74, 6) is 1.42. The van der Waals surface area contributed by atoms with Gasteiger partial charge in [-0.1, -0.05) is 18.2 Å². The maximum Gasteiger partial charge on any atom is 0.264 e. The molecule has 0 saturated carbocycles. The molecule has 0 aromatic heterocycles. The zero-order valence-electron chi connectivity index (χ0n) is 20.8. The van der Waals surface area contributed by atoms with Crippen LogP contribution in [0.15, 0.2) is 71.6 Å². The van der Waals surface area contributed by atoms with Crippen molar-refractivity contribution in [1.82, 2.24) is 5.32 Å². The predicted molar refractivity (Wildman–Crippen MR) is 137 cm³/mol. The highest BCUT2D eigenvalue weighted by Crippen LogP contribution is 2.34. The van der Waals surface area contributed by atoms with Crippen LogP contribution in [0.25, 0.3) is 0 Å². The van der Waals surface area contributed by atoms with Crippen LogP contribution in [0.3, 0.4) is 0 Å². The molecule has 3 aromatic rings. The van der Waals surface area contributed by atoms with Crippen molar-refractivity contribution >= 4 is 21.6 Å². The molecule has 0 aliphatic carbocycles. The molecule has 36 heavy (non-hydrogen) atoms. The summed E-state index contributed by atoms with van der Waals surface area (Å²) in [6.45, 7) is 1.31. The maximum atomic E-state index is 13.6. The number of amides is 1. The van der Waals surface area contributed by atoms with Crippen LogP contribution in [0.1, 0.15) is 18.5 Å². The van der Waals surface area contributed by atoms with Gasteiger partial charge in [-0.05, 0) is 49.4 Å². The summed E-state index contributed by atoms with van der Waals surface area (Å²) in [5.41, 5.74) is 0.937. The number of carbonyl (C=O) groups is 1. The second kappa shape index (κ2) is 11.7. The lowest BCUT2D eigenvalue weighted by molar-refractivity contribution is -0.120. The van der Waals surface area contributed by atoms with Gasteiger partial charge in [0.1, 0.15) is 18.0 Å². The van der Waals surface area contributed by atoms with Crippen molar-refractivity contribution in [3.8, 4) is 23.0 Å². The molecular formula is C26H30N2O7S. The lowest BCUT2D eigenvalue weighted by Gasteiger charge is -2.26. The van der Waals surface area contributed by atoms with Gasteiger partial charge in [-0.3, -0.25) is 9.10 Å². The second-order valence-electron chi connectivity index (χ2n) is 7.76. The average molecular weight is 515 g/mol. The molecule has 9 nitrogen and oxygen atoms in total. The monoisotopic (exact) mass is 514 g/mol. The molecular weight excluding hydrogens is 484 g/mol. The number of nitrogens with zero attached hydrogens (tertiary/aromatic N) is 1. The number of nitrogens with one attached hydrogen (secondary N) is 1. The highest BCUT2D eigenvalue weighted by atomic mass is 32.2. The zero-order valence-corrected chi connectivity index (χ0v) is 21.7. The molecule has 192 valence electrons. The first-order valence-electron chi connectivity index (χ1n) is 11.1. The smallest absolute Gasteiger partial charge is 0.264 e. The summed E-state index contributed by atoms with van der Waals surface area (Å²) in [7, 11) is 1.93. The van der Waals surface area contributed by atoms with Crippen molar-refractivity contribution in [2.24, 2.45) is 0 Å². The first kappa shape index (κ1) is 26.7. The number of benzene rings is 3. The Morgan fingerprint density at radius 3 is 2.08 bits per heavy atom. The molecule has 0 unspecified atom stereocenters. The van der Waals surface area contributed by atoms with E-state index in [0.29, 0.717) is 28.6 Å². The third kappa shape index (κ3) is 5.83. The minimum atomic E-state index is -4.09. The Bertz CT molecular complexity index is 1300. The third-order valence-corrected chi connectivity index (χ3v) is 7.34. The molecule has 0 bridgehead atoms. The Hall–Kier alpha value is -3.92. The molecule has 0 fully saturated rings. The summed E-state index contributed by atoms with van der Waals surface area (Å²) >= 11 is 0. The molecule has 3 rings (SSSR count). The number of sulfonamides is 1. The van der Waals surface area contributed by atoms with Gasteiger partial charge >= 0.3 is 0 Å². The summed E-state index contributed by atoms with van der Waals surface area (Å²) < 4.78 is 49.6. The number of rotatable bonds is 11. The maximum absolute atomic E-state index is 13.6. The first-order chi connectivity index (χ1) is 17.2. The molecule has 3 aromatic carbocycles. The van der Waals surface area contributed by atoms with Crippen molar-refractivity contribution < 1.29 is 32.2 Å². The Labute approximate surface area is 211 Å². The Kier molecular flexibility index (Phi) is 8.65. The molecule has 1 N–H and O–H groups in total. The van der Waals surface area contributed by atoms with E-state index >= 15 is 0 Å². The van der Waals surface area contributed by atoms with Gasteiger partial charge in [0.2, 0.25) is 5.91 Å². The largest absolute Gasteiger partial charge is 0.497 e. The summed E-state index contributed by atoms with van der Waals surface area (Å²) in [6.07, 6.45) is 0. The lowest BCUT2D eigenvalue weighted by Crippen LogP contribution is -2.41. The van der Waals surface area contributed by atoms with E-state index in [0.717, 1.165) is 4.31 Å². The minimum absolute atomic E-state index is 0.0510. The molecule has 0 heterocycles. The van der Waals surface area contributed by atoms with Gasteiger partial charge in [0.05, 0.1) is 45.1 Å². The van der Waals surface area contributed by atoms with E-state index in [1.165, 1.54) is 39.5 Å². The fraction of sp³-hybridized carbons (Fsp3) is 0.269. The molecule has 0 radical (unpaired) electrons. The van der Waals surface area contributed by atoms with Crippen molar-refractivity contribution in [2.75, 3.05) is 39.3 Å². The molecule has 1 amide bonds. The molecule has 1 atom stereocenters. The molecule has 10 heteroatoms. The van der Waals surface area contributed by atoms with Gasteiger partial charge in [-0.15, -0.1) is 0 Å². The van der Waals surface area contributed by atoms with E-state index in [-0.39, 0.29) is 10.6 Å². The number of ether oxygens (including phenoxy) is 4. The highest BCUT2D eigenvalue weighted by Gasteiger charge is 2.29. The summed E-state index contributed by atoms with van der Waals surface area (Å²) in [6, 6.07) is 17.3. The van der Waals surface area contributed by atoms with Crippen LogP contribution < -0.4 is 28.6 Å². The molecule has 0 aliphatic rings. The van der Waals surface area contributed by atoms with Gasteiger partial charge < -0.3 is 24.3 Å². The van der Waals surface area contributed by atoms with E-state index in [1.54, 1.807) is 62.6 Å². The minimum Gasteiger partial charge on any atom is -0.497 e. The Morgan fingerprint density at radius 2 is 1.47 bits per heavy atom. The Morgan fingerprint density at radius 1 is 0.833 bits per heavy atom. The number of methoxy groups -OCH3 is 4. The second-order valence-corrected chi connectivity index (χ2v) is 9.62. The quantitative estimate of drug-likeness (QED) is 0.415. The average Bonchev–Trinajstić information content (AvgIpc) is 2.91. The van der Waals surface area contributed by atoms with Crippen LogP contribution in [0.5, 0.6) is 23.0 Å². The fourth-order valence-electron chi connectivity index (χ4n) is 3.69. The van der Waals surface area contributed by atoms with E-state index in [9.17, 15) is 13.2 Å². The van der Waals surface area contributed by atoms with Crippen LogP contribution in [0.4, 0.5) is 5.69 Å². The van der Waals surface area contributed by atoms with E-state index < -0.39 is 28.5 Å². The summed E-state index contributed by atoms with van der Waals surface area (Å²) in [5, 5.41) is 2.86. The standard InChI is InChI=1S/C26H30N2O7S/c1-18(22-16-20(32-2)12-14-23(22)33-3)27-26(29)17-28(36(30,31)21-9-7-6-8-10-21)19-11-13-24(34-4)25(15-19)35-5/h6-16,18H,17H2,1-5H3,(H,27,29)/t18-/m0/s1. The number of carbonyl (C=O) groups excluding carboxylic acids is 1. The van der Waals surface area contributed by atoms with E-state index in [4.69, 9.17) is 18.9 Å². The molecule has 0 saturated heterocycles. The normalized spacial score (nSPS) is 11.8. The number of hydrogen-bond acceptors (Lipinski definition) is 7. The van der Waals surface area contributed by atoms with Gasteiger partial charge in [0.15, 0.2) is 11.5 Å². The predicted octanol–water partition coefficient (Wildman–Crippen LogP) is 3.79. The zero-order chi connectivity index (χ0) is 26.3. The SMILES string of the molecule is COc1ccc(OC)c([C@H](C)NC(=O)CN(c2ccc(OC)c(OC)c2)S(=O)(=O)c2ccccc2)c1. The van der Waals surface area contributed by atoms with E-state index in [1.807, 2.05) is 0 Å². The fourth-order valence-corrected chi connectivity index (χ4v) is 5.12. The van der Waals surface area contributed by atoms with E-state index in [2.05, 4.69) is 5.32 Å². The van der Waals surface area contributed by atoms with Crippen molar-refractivity contribution in [1.29, 1.82) is 0 Å². The van der Waals surface area contributed by atoms with Gasteiger partial charge in [0.25, 0.3) is 10.0 Å². The van der Waals surface area contributed by atoms with Crippen molar-refractivity contribution in [3.05, 3.63) is 72.3 Å². The van der Waals surface area contributed by atoms with Crippen molar-refractivity contribution in [3.63, 3.8) is 0 Å². The summed E-state index contributed by atoms with van der Waals surface area (Å²) in [4.78, 5) is 13.2. The number of anilines is 1. The van der Waals surface area contributed by atoms with Gasteiger partial charge in [0, 0.05) is 11.6 Å². The van der Waals surface area contributed by atoms with Gasteiger partial charge in [-0.25, -0.2) is 8.42 Å². The topological polar surface area (TPSA) is 103 Å². The molecule has 0 aliphatic heterocycles. The molecule has 0 spiro atoms. The van der Waals surface area contributed by atoms with Crippen molar-refractivity contribution in [2.45, 2.75) is 17.9 Å². The number of hydrogen-bond donors (Lipinski definition) is 1. The Balaban J connectivity index is 1.96. The van der Waals surface area contributed by atoms with Crippen LogP contribution in [0, 0.1) is 0 Å². The van der Waals surface area contributed by atoms with Crippen LogP contribution >= 0.6 is 0 Å². The van der Waals surface area contributed by atoms with Crippen LogP contribution in [-0.4, -0.2) is 49.3 Å².